The van der Waals surface area contributed by atoms with Gasteiger partial charge in [0.1, 0.15) is 12.1 Å². The molecule has 1 spiro atoms. The molecule has 4 rings (SSSR count). The fourth-order valence-electron chi connectivity index (χ4n) is 4.83. The van der Waals surface area contributed by atoms with Crippen LogP contribution in [0.5, 0.6) is 0 Å². The topological polar surface area (TPSA) is 86.9 Å². The van der Waals surface area contributed by atoms with E-state index in [-0.39, 0.29) is 5.91 Å². The third-order valence-corrected chi connectivity index (χ3v) is 6.81. The predicted molar refractivity (Wildman–Crippen MR) is 132 cm³/mol. The van der Waals surface area contributed by atoms with Crippen LogP contribution >= 0.6 is 11.6 Å². The van der Waals surface area contributed by atoms with E-state index in [0.717, 1.165) is 16.0 Å². The number of carbonyl (C=O) groups is 3. The molecular weight excluding hydrogens is 452 g/mol. The quantitative estimate of drug-likeness (QED) is 0.588. The van der Waals surface area contributed by atoms with E-state index in [4.69, 9.17) is 17.3 Å². The van der Waals surface area contributed by atoms with Crippen molar-refractivity contribution in [3.05, 3.63) is 76.8 Å². The second-order valence-electron chi connectivity index (χ2n) is 8.84. The number of piperidine rings is 1. The number of imide groups is 1. The first-order valence-electron chi connectivity index (χ1n) is 11.5. The highest BCUT2D eigenvalue weighted by Gasteiger charge is 2.57. The minimum atomic E-state index is -0.951. The average Bonchev–Trinajstić information content (AvgIpc) is 3.01. The van der Waals surface area contributed by atoms with Crippen LogP contribution in [0.4, 0.5) is 4.79 Å². The molecule has 8 heteroatoms. The fourth-order valence-corrected chi connectivity index (χ4v) is 5.12. The summed E-state index contributed by atoms with van der Waals surface area (Å²) < 4.78 is 0. The molecule has 2 aliphatic heterocycles. The molecule has 2 aromatic rings. The molecule has 2 fully saturated rings. The van der Waals surface area contributed by atoms with Gasteiger partial charge in [0, 0.05) is 31.2 Å². The van der Waals surface area contributed by atoms with Gasteiger partial charge in [0.15, 0.2) is 0 Å². The van der Waals surface area contributed by atoms with Gasteiger partial charge >= 0.3 is 6.03 Å². The van der Waals surface area contributed by atoms with Crippen molar-refractivity contribution < 1.29 is 14.4 Å². The average molecular weight is 481 g/mol. The number of benzene rings is 2. The van der Waals surface area contributed by atoms with Gasteiger partial charge < -0.3 is 10.6 Å². The summed E-state index contributed by atoms with van der Waals surface area (Å²) in [5, 5.41) is 0.715. The summed E-state index contributed by atoms with van der Waals surface area (Å²) in [6.07, 6.45) is 3.53. The standard InChI is InChI=1S/C26H29ClN4O3/c27-22(17-21-9-5-2-6-10-21)18-29-15-12-26(13-16-29)24(33)30(19-23(28)32)25(34)31(26)14-11-20-7-3-1-4-8-20/h1-10,17H,11-16,18-19H2,(H2,28,32)/b22-17-. The number of urea groups is 1. The van der Waals surface area contributed by atoms with Gasteiger partial charge in [-0.3, -0.25) is 19.4 Å². The zero-order chi connectivity index (χ0) is 24.1. The summed E-state index contributed by atoms with van der Waals surface area (Å²) >= 11 is 6.51. The minimum absolute atomic E-state index is 0.324. The van der Waals surface area contributed by atoms with Crippen molar-refractivity contribution in [2.45, 2.75) is 24.8 Å². The largest absolute Gasteiger partial charge is 0.368 e. The fraction of sp³-hybridized carbons (Fsp3) is 0.346. The molecule has 2 N–H and O–H groups in total. The van der Waals surface area contributed by atoms with E-state index in [2.05, 4.69) is 4.90 Å². The Kier molecular flexibility index (Phi) is 7.34. The van der Waals surface area contributed by atoms with E-state index >= 15 is 0 Å². The molecule has 0 aromatic heterocycles. The van der Waals surface area contributed by atoms with Crippen LogP contribution in [-0.4, -0.2) is 70.8 Å². The Morgan fingerprint density at radius 2 is 1.59 bits per heavy atom. The maximum atomic E-state index is 13.4. The van der Waals surface area contributed by atoms with Crippen LogP contribution in [0.1, 0.15) is 24.0 Å². The molecular formula is C26H29ClN4O3. The molecule has 2 aromatic carbocycles. The molecule has 0 atom stereocenters. The van der Waals surface area contributed by atoms with E-state index in [1.807, 2.05) is 66.7 Å². The van der Waals surface area contributed by atoms with E-state index in [1.165, 1.54) is 0 Å². The van der Waals surface area contributed by atoms with Crippen molar-refractivity contribution in [3.8, 4) is 0 Å². The SMILES string of the molecule is NC(=O)CN1C(=O)N(CCc2ccccc2)C2(CCN(C/C(Cl)=C/c3ccccc3)CC2)C1=O. The molecule has 4 amide bonds. The van der Waals surface area contributed by atoms with Crippen LogP contribution in [0.3, 0.4) is 0 Å². The second-order valence-corrected chi connectivity index (χ2v) is 9.32. The van der Waals surface area contributed by atoms with Crippen molar-refractivity contribution in [1.82, 2.24) is 14.7 Å². The molecule has 2 saturated heterocycles. The molecule has 7 nitrogen and oxygen atoms in total. The molecule has 178 valence electrons. The van der Waals surface area contributed by atoms with Gasteiger partial charge in [0.2, 0.25) is 5.91 Å². The van der Waals surface area contributed by atoms with Crippen molar-refractivity contribution in [2.75, 3.05) is 32.7 Å². The van der Waals surface area contributed by atoms with Crippen LogP contribution in [0.2, 0.25) is 0 Å². The predicted octanol–water partition coefficient (Wildman–Crippen LogP) is 3.09. The molecule has 2 heterocycles. The number of nitrogens with zero attached hydrogens (tertiary/aromatic N) is 3. The Hall–Kier alpha value is -3.16. The summed E-state index contributed by atoms with van der Waals surface area (Å²) in [5.41, 5.74) is 6.50. The molecule has 0 unspecified atom stereocenters. The van der Waals surface area contributed by atoms with E-state index in [1.54, 1.807) is 4.90 Å². The summed E-state index contributed by atoms with van der Waals surface area (Å²) in [4.78, 5) is 43.0. The minimum Gasteiger partial charge on any atom is -0.368 e. The smallest absolute Gasteiger partial charge is 0.328 e. The number of hydrogen-bond donors (Lipinski definition) is 1. The Morgan fingerprint density at radius 1 is 0.971 bits per heavy atom. The highest BCUT2D eigenvalue weighted by molar-refractivity contribution is 6.31. The Bertz CT molecular complexity index is 1070. The third-order valence-electron chi connectivity index (χ3n) is 6.58. The normalized spacial score (nSPS) is 18.7. The Labute approximate surface area is 204 Å². The third kappa shape index (κ3) is 5.16. The van der Waals surface area contributed by atoms with E-state index in [0.29, 0.717) is 50.5 Å². The highest BCUT2D eigenvalue weighted by atomic mass is 35.5. The van der Waals surface area contributed by atoms with Gasteiger partial charge in [-0.2, -0.15) is 0 Å². The number of hydrogen-bond acceptors (Lipinski definition) is 4. The van der Waals surface area contributed by atoms with Crippen LogP contribution in [0.25, 0.3) is 6.08 Å². The van der Waals surface area contributed by atoms with Crippen molar-refractivity contribution in [1.29, 1.82) is 0 Å². The van der Waals surface area contributed by atoms with Crippen LogP contribution in [-0.2, 0) is 16.0 Å². The number of amides is 4. The maximum Gasteiger partial charge on any atom is 0.328 e. The lowest BCUT2D eigenvalue weighted by Gasteiger charge is -2.42. The van der Waals surface area contributed by atoms with Crippen LogP contribution in [0, 0.1) is 0 Å². The number of rotatable bonds is 8. The maximum absolute atomic E-state index is 13.4. The lowest BCUT2D eigenvalue weighted by Crippen LogP contribution is -2.57. The lowest BCUT2D eigenvalue weighted by atomic mass is 9.85. The lowest BCUT2D eigenvalue weighted by molar-refractivity contribution is -0.137. The first-order chi connectivity index (χ1) is 16.4. The zero-order valence-corrected chi connectivity index (χ0v) is 19.8. The number of halogens is 1. The van der Waals surface area contributed by atoms with Crippen molar-refractivity contribution >= 4 is 35.5 Å². The van der Waals surface area contributed by atoms with Gasteiger partial charge in [-0.15, -0.1) is 0 Å². The van der Waals surface area contributed by atoms with E-state index in [9.17, 15) is 14.4 Å². The molecule has 0 radical (unpaired) electrons. The van der Waals surface area contributed by atoms with Gasteiger partial charge in [0.05, 0.1) is 0 Å². The summed E-state index contributed by atoms with van der Waals surface area (Å²) in [6.45, 7) is 1.81. The van der Waals surface area contributed by atoms with E-state index < -0.39 is 24.0 Å². The zero-order valence-electron chi connectivity index (χ0n) is 19.0. The number of likely N-dealkylation sites (tertiary alicyclic amines) is 1. The molecule has 0 aliphatic carbocycles. The highest BCUT2D eigenvalue weighted by Crippen LogP contribution is 2.37. The van der Waals surface area contributed by atoms with Crippen LogP contribution in [0.15, 0.2) is 65.7 Å². The molecule has 2 aliphatic rings. The first kappa shape index (κ1) is 24.0. The Morgan fingerprint density at radius 3 is 2.21 bits per heavy atom. The summed E-state index contributed by atoms with van der Waals surface area (Å²) in [5.74, 6) is -1.02. The summed E-state index contributed by atoms with van der Waals surface area (Å²) in [6, 6.07) is 19.3. The Balaban J connectivity index is 1.47. The number of nitrogens with two attached hydrogens (primary N) is 1. The second kappa shape index (κ2) is 10.4. The van der Waals surface area contributed by atoms with Gasteiger partial charge in [-0.05, 0) is 36.5 Å². The van der Waals surface area contributed by atoms with Gasteiger partial charge in [0.25, 0.3) is 5.91 Å². The summed E-state index contributed by atoms with van der Waals surface area (Å²) in [7, 11) is 0. The molecule has 0 bridgehead atoms. The molecule has 0 saturated carbocycles. The molecule has 34 heavy (non-hydrogen) atoms. The first-order valence-corrected chi connectivity index (χ1v) is 11.9. The van der Waals surface area contributed by atoms with Crippen LogP contribution < -0.4 is 5.73 Å². The van der Waals surface area contributed by atoms with Gasteiger partial charge in [-0.1, -0.05) is 72.3 Å². The number of carbonyl (C=O) groups excluding carboxylic acids is 3. The van der Waals surface area contributed by atoms with Gasteiger partial charge in [-0.25, -0.2) is 4.79 Å². The number of primary amides is 1. The van der Waals surface area contributed by atoms with Crippen molar-refractivity contribution in [3.63, 3.8) is 0 Å². The van der Waals surface area contributed by atoms with Crippen molar-refractivity contribution in [2.24, 2.45) is 5.73 Å². The monoisotopic (exact) mass is 480 g/mol.